The van der Waals surface area contributed by atoms with Crippen LogP contribution in [0.25, 0.3) is 0 Å². The second-order valence-electron chi connectivity index (χ2n) is 3.50. The minimum absolute atomic E-state index is 0.722. The van der Waals surface area contributed by atoms with E-state index in [-0.39, 0.29) is 0 Å². The monoisotopic (exact) mass is 221 g/mol. The SMILES string of the molecule is CCCCOc1cc(C=NC)ccc1OC. The number of unbranched alkanes of at least 4 members (excludes halogenated alkanes) is 1. The van der Waals surface area contributed by atoms with Crippen LogP contribution in [0.1, 0.15) is 25.3 Å². The maximum absolute atomic E-state index is 5.67. The van der Waals surface area contributed by atoms with Gasteiger partial charge in [0.25, 0.3) is 0 Å². The predicted molar refractivity (Wildman–Crippen MR) is 66.9 cm³/mol. The van der Waals surface area contributed by atoms with Crippen LogP contribution in [0.4, 0.5) is 0 Å². The van der Waals surface area contributed by atoms with E-state index in [1.165, 1.54) is 0 Å². The maximum Gasteiger partial charge on any atom is 0.161 e. The van der Waals surface area contributed by atoms with Gasteiger partial charge in [-0.2, -0.15) is 0 Å². The third kappa shape index (κ3) is 3.57. The highest BCUT2D eigenvalue weighted by atomic mass is 16.5. The number of ether oxygens (including phenoxy) is 2. The lowest BCUT2D eigenvalue weighted by Crippen LogP contribution is -1.99. The zero-order chi connectivity index (χ0) is 11.8. The molecule has 3 nitrogen and oxygen atoms in total. The molecule has 0 amide bonds. The molecule has 0 radical (unpaired) electrons. The van der Waals surface area contributed by atoms with Crippen molar-refractivity contribution in [1.82, 2.24) is 0 Å². The first kappa shape index (κ1) is 12.6. The standard InChI is InChI=1S/C13H19NO2/c1-4-5-8-16-13-9-11(10-14-2)6-7-12(13)15-3/h6-7,9-10H,4-5,8H2,1-3H3. The van der Waals surface area contributed by atoms with E-state index in [9.17, 15) is 0 Å². The molecule has 0 N–H and O–H groups in total. The van der Waals surface area contributed by atoms with E-state index in [4.69, 9.17) is 9.47 Å². The highest BCUT2D eigenvalue weighted by molar-refractivity contribution is 5.80. The van der Waals surface area contributed by atoms with Gasteiger partial charge in [0.05, 0.1) is 13.7 Å². The van der Waals surface area contributed by atoms with E-state index in [1.807, 2.05) is 18.2 Å². The summed E-state index contributed by atoms with van der Waals surface area (Å²) in [5, 5.41) is 0. The van der Waals surface area contributed by atoms with Crippen LogP contribution in [-0.2, 0) is 0 Å². The van der Waals surface area contributed by atoms with Crippen molar-refractivity contribution in [2.45, 2.75) is 19.8 Å². The fourth-order valence-electron chi connectivity index (χ4n) is 1.36. The summed E-state index contributed by atoms with van der Waals surface area (Å²) >= 11 is 0. The van der Waals surface area contributed by atoms with Gasteiger partial charge in [-0.15, -0.1) is 0 Å². The number of aliphatic imine (C=N–C) groups is 1. The number of methoxy groups -OCH3 is 1. The summed E-state index contributed by atoms with van der Waals surface area (Å²) < 4.78 is 10.9. The van der Waals surface area contributed by atoms with E-state index in [0.717, 1.165) is 36.5 Å². The average Bonchev–Trinajstić information content (AvgIpc) is 2.30. The minimum atomic E-state index is 0.722. The van der Waals surface area contributed by atoms with Crippen LogP contribution in [0, 0.1) is 0 Å². The molecule has 0 spiro atoms. The summed E-state index contributed by atoms with van der Waals surface area (Å²) in [6.45, 7) is 2.86. The highest BCUT2D eigenvalue weighted by Crippen LogP contribution is 2.27. The Bertz CT molecular complexity index is 348. The molecule has 16 heavy (non-hydrogen) atoms. The van der Waals surface area contributed by atoms with Gasteiger partial charge in [-0.05, 0) is 30.2 Å². The number of hydrogen-bond donors (Lipinski definition) is 0. The fourth-order valence-corrected chi connectivity index (χ4v) is 1.36. The topological polar surface area (TPSA) is 30.8 Å². The van der Waals surface area contributed by atoms with Crippen LogP contribution in [0.5, 0.6) is 11.5 Å². The molecule has 0 saturated carbocycles. The summed E-state index contributed by atoms with van der Waals surface area (Å²) in [4.78, 5) is 3.98. The van der Waals surface area contributed by atoms with Crippen LogP contribution in [0.3, 0.4) is 0 Å². The van der Waals surface area contributed by atoms with Crippen LogP contribution < -0.4 is 9.47 Å². The third-order valence-electron chi connectivity index (χ3n) is 2.22. The lowest BCUT2D eigenvalue weighted by atomic mass is 10.2. The molecule has 0 fully saturated rings. The van der Waals surface area contributed by atoms with Crippen molar-refractivity contribution in [3.63, 3.8) is 0 Å². The zero-order valence-electron chi connectivity index (χ0n) is 10.2. The molecule has 1 aromatic rings. The Labute approximate surface area is 97.1 Å². The number of hydrogen-bond acceptors (Lipinski definition) is 3. The van der Waals surface area contributed by atoms with Gasteiger partial charge in [-0.1, -0.05) is 13.3 Å². The van der Waals surface area contributed by atoms with E-state index < -0.39 is 0 Å². The van der Waals surface area contributed by atoms with Gasteiger partial charge >= 0.3 is 0 Å². The summed E-state index contributed by atoms with van der Waals surface area (Å²) in [7, 11) is 3.40. The van der Waals surface area contributed by atoms with Gasteiger partial charge < -0.3 is 9.47 Å². The first-order valence-corrected chi connectivity index (χ1v) is 5.54. The second kappa shape index (κ2) is 6.88. The van der Waals surface area contributed by atoms with Crippen LogP contribution in [-0.4, -0.2) is 27.0 Å². The number of rotatable bonds is 6. The normalized spacial score (nSPS) is 10.7. The predicted octanol–water partition coefficient (Wildman–Crippen LogP) is 2.92. The van der Waals surface area contributed by atoms with E-state index in [0.29, 0.717) is 0 Å². The van der Waals surface area contributed by atoms with E-state index in [1.54, 1.807) is 20.4 Å². The molecule has 88 valence electrons. The lowest BCUT2D eigenvalue weighted by Gasteiger charge is -2.10. The molecule has 1 rings (SSSR count). The largest absolute Gasteiger partial charge is 0.493 e. The smallest absolute Gasteiger partial charge is 0.161 e. The summed E-state index contributed by atoms with van der Waals surface area (Å²) in [5.74, 6) is 1.55. The summed E-state index contributed by atoms with van der Waals surface area (Å²) in [6, 6.07) is 5.80. The first-order valence-electron chi connectivity index (χ1n) is 5.54. The first-order chi connectivity index (χ1) is 7.81. The second-order valence-corrected chi connectivity index (χ2v) is 3.50. The highest BCUT2D eigenvalue weighted by Gasteiger charge is 2.04. The van der Waals surface area contributed by atoms with Gasteiger partial charge in [0, 0.05) is 13.3 Å². The molecule has 0 aliphatic carbocycles. The molecule has 0 aromatic heterocycles. The molecule has 0 heterocycles. The molecule has 0 aliphatic heterocycles. The molecule has 0 saturated heterocycles. The van der Waals surface area contributed by atoms with Gasteiger partial charge in [-0.25, -0.2) is 0 Å². The van der Waals surface area contributed by atoms with Crippen LogP contribution in [0.15, 0.2) is 23.2 Å². The summed E-state index contributed by atoms with van der Waals surface area (Å²) in [5.41, 5.74) is 1.02. The van der Waals surface area contributed by atoms with Crippen molar-refractivity contribution >= 4 is 6.21 Å². The van der Waals surface area contributed by atoms with Gasteiger partial charge in [0.2, 0.25) is 0 Å². The number of benzene rings is 1. The van der Waals surface area contributed by atoms with E-state index in [2.05, 4.69) is 11.9 Å². The molecule has 0 atom stereocenters. The Kier molecular flexibility index (Phi) is 5.40. The molecular weight excluding hydrogens is 202 g/mol. The van der Waals surface area contributed by atoms with E-state index >= 15 is 0 Å². The lowest BCUT2D eigenvalue weighted by molar-refractivity contribution is 0.288. The van der Waals surface area contributed by atoms with Crippen molar-refractivity contribution < 1.29 is 9.47 Å². The molecule has 0 unspecified atom stereocenters. The summed E-state index contributed by atoms with van der Waals surface area (Å²) in [6.07, 6.45) is 3.97. The quantitative estimate of drug-likeness (QED) is 0.546. The molecule has 3 heteroatoms. The van der Waals surface area contributed by atoms with Gasteiger partial charge in [0.15, 0.2) is 11.5 Å². The van der Waals surface area contributed by atoms with Gasteiger partial charge in [0.1, 0.15) is 0 Å². The molecular formula is C13H19NO2. The van der Waals surface area contributed by atoms with Crippen molar-refractivity contribution in [2.24, 2.45) is 4.99 Å². The van der Waals surface area contributed by atoms with Crippen molar-refractivity contribution in [3.05, 3.63) is 23.8 Å². The maximum atomic E-state index is 5.67. The average molecular weight is 221 g/mol. The Hall–Kier alpha value is -1.51. The molecule has 0 bridgehead atoms. The minimum Gasteiger partial charge on any atom is -0.493 e. The fraction of sp³-hybridized carbons (Fsp3) is 0.462. The Balaban J connectivity index is 2.80. The third-order valence-corrected chi connectivity index (χ3v) is 2.22. The van der Waals surface area contributed by atoms with Crippen molar-refractivity contribution in [3.8, 4) is 11.5 Å². The zero-order valence-corrected chi connectivity index (χ0v) is 10.2. The Morgan fingerprint density at radius 2 is 2.12 bits per heavy atom. The molecule has 1 aromatic carbocycles. The Morgan fingerprint density at radius 3 is 2.75 bits per heavy atom. The molecule has 0 aliphatic rings. The van der Waals surface area contributed by atoms with Crippen molar-refractivity contribution in [1.29, 1.82) is 0 Å². The Morgan fingerprint density at radius 1 is 1.31 bits per heavy atom. The van der Waals surface area contributed by atoms with Crippen LogP contribution in [0.2, 0.25) is 0 Å². The van der Waals surface area contributed by atoms with Crippen LogP contribution >= 0.6 is 0 Å². The number of nitrogens with zero attached hydrogens (tertiary/aromatic N) is 1. The van der Waals surface area contributed by atoms with Crippen molar-refractivity contribution in [2.75, 3.05) is 20.8 Å². The van der Waals surface area contributed by atoms with Gasteiger partial charge in [-0.3, -0.25) is 4.99 Å².